The minimum atomic E-state index is 0. The molecule has 0 aromatic carbocycles. The van der Waals surface area contributed by atoms with E-state index < -0.39 is 0 Å². The van der Waals surface area contributed by atoms with Gasteiger partial charge in [0.1, 0.15) is 0 Å². The largest absolute Gasteiger partial charge is 1.00 e. The summed E-state index contributed by atoms with van der Waals surface area (Å²) in [5.41, 5.74) is 0. The molecule has 56 valence electrons. The van der Waals surface area contributed by atoms with Crippen LogP contribution in [0.15, 0.2) is 0 Å². The second-order valence-corrected chi connectivity index (χ2v) is 2.70. The summed E-state index contributed by atoms with van der Waals surface area (Å²) in [6.07, 6.45) is 1.00. The molecule has 0 spiro atoms. The summed E-state index contributed by atoms with van der Waals surface area (Å²) < 4.78 is 0. The second kappa shape index (κ2) is 8.65. The van der Waals surface area contributed by atoms with E-state index in [1.165, 1.54) is 0 Å². The average Bonchev–Trinajstić information content (AvgIpc) is 1.82. The van der Waals surface area contributed by atoms with E-state index in [1.54, 1.807) is 0 Å². The molecule has 10 heavy (non-hydrogen) atoms. The standard InChI is InChI=1S/C7H16NO.K/c1-4-7(6-9)5-8(2)3;/h7H,4-6H2,1-3H3;/q-1;+1. The topological polar surface area (TPSA) is 26.3 Å². The summed E-state index contributed by atoms with van der Waals surface area (Å²) in [7, 11) is 4.00. The van der Waals surface area contributed by atoms with Crippen LogP contribution in [-0.2, 0) is 0 Å². The minimum Gasteiger partial charge on any atom is -0.854 e. The molecule has 0 radical (unpaired) electrons. The van der Waals surface area contributed by atoms with E-state index in [9.17, 15) is 5.11 Å². The Morgan fingerprint density at radius 2 is 1.90 bits per heavy atom. The fourth-order valence-electron chi connectivity index (χ4n) is 0.816. The molecule has 1 atom stereocenters. The van der Waals surface area contributed by atoms with Crippen molar-refractivity contribution in [2.45, 2.75) is 13.3 Å². The molecule has 0 aliphatic carbocycles. The van der Waals surface area contributed by atoms with Crippen molar-refractivity contribution in [3.63, 3.8) is 0 Å². The van der Waals surface area contributed by atoms with E-state index >= 15 is 0 Å². The van der Waals surface area contributed by atoms with E-state index in [2.05, 4.69) is 11.8 Å². The molecule has 0 aromatic heterocycles. The molecular weight excluding hydrogens is 153 g/mol. The third-order valence-corrected chi connectivity index (χ3v) is 1.44. The summed E-state index contributed by atoms with van der Waals surface area (Å²) >= 11 is 0. The Hall–Kier alpha value is 1.56. The predicted molar refractivity (Wildman–Crippen MR) is 37.2 cm³/mol. The van der Waals surface area contributed by atoms with E-state index in [4.69, 9.17) is 0 Å². The Bertz CT molecular complexity index is 64.6. The van der Waals surface area contributed by atoms with Gasteiger partial charge in [-0.15, -0.1) is 6.61 Å². The third-order valence-electron chi connectivity index (χ3n) is 1.44. The van der Waals surface area contributed by atoms with Crippen molar-refractivity contribution in [1.29, 1.82) is 0 Å². The number of nitrogens with zero attached hydrogens (tertiary/aromatic N) is 1. The van der Waals surface area contributed by atoms with E-state index in [1.807, 2.05) is 14.1 Å². The molecule has 0 fully saturated rings. The Balaban J connectivity index is 0. The number of hydrogen-bond acceptors (Lipinski definition) is 2. The summed E-state index contributed by atoms with van der Waals surface area (Å²) in [6.45, 7) is 3.06. The van der Waals surface area contributed by atoms with Gasteiger partial charge in [0.2, 0.25) is 0 Å². The molecular formula is C7H16KNO. The normalized spacial score (nSPS) is 12.9. The molecule has 0 aliphatic heterocycles. The number of hydrogen-bond donors (Lipinski definition) is 0. The zero-order valence-electron chi connectivity index (χ0n) is 7.55. The Labute approximate surface area is 106 Å². The van der Waals surface area contributed by atoms with Gasteiger partial charge in [0.05, 0.1) is 0 Å². The fraction of sp³-hybridized carbons (Fsp3) is 1.00. The SMILES string of the molecule is CCC(C[O-])CN(C)C.[K+]. The summed E-state index contributed by atoms with van der Waals surface area (Å²) in [4.78, 5) is 2.06. The first kappa shape index (κ1) is 14.1. The summed E-state index contributed by atoms with van der Waals surface area (Å²) in [5, 5.41) is 10.4. The monoisotopic (exact) mass is 169 g/mol. The van der Waals surface area contributed by atoms with Crippen LogP contribution in [0.25, 0.3) is 0 Å². The maximum absolute atomic E-state index is 10.4. The number of rotatable bonds is 4. The Morgan fingerprint density at radius 1 is 1.40 bits per heavy atom. The van der Waals surface area contributed by atoms with Gasteiger partial charge >= 0.3 is 51.4 Å². The molecule has 0 bridgehead atoms. The van der Waals surface area contributed by atoms with Gasteiger partial charge < -0.3 is 10.0 Å². The van der Waals surface area contributed by atoms with Crippen molar-refractivity contribution in [3.8, 4) is 0 Å². The maximum Gasteiger partial charge on any atom is 1.00 e. The van der Waals surface area contributed by atoms with E-state index in [0.717, 1.165) is 13.0 Å². The second-order valence-electron chi connectivity index (χ2n) is 2.70. The van der Waals surface area contributed by atoms with Gasteiger partial charge in [-0.05, 0) is 26.6 Å². The van der Waals surface area contributed by atoms with Gasteiger partial charge in [0, 0.05) is 0 Å². The van der Waals surface area contributed by atoms with Crippen molar-refractivity contribution in [2.75, 3.05) is 27.2 Å². The van der Waals surface area contributed by atoms with Gasteiger partial charge in [0.15, 0.2) is 0 Å². The van der Waals surface area contributed by atoms with Gasteiger partial charge in [-0.1, -0.05) is 13.3 Å². The van der Waals surface area contributed by atoms with Crippen molar-refractivity contribution in [2.24, 2.45) is 5.92 Å². The predicted octanol–water partition coefficient (Wildman–Crippen LogP) is -3.06. The van der Waals surface area contributed by atoms with Crippen LogP contribution >= 0.6 is 0 Å². The molecule has 0 saturated carbocycles. The molecule has 3 heteroatoms. The van der Waals surface area contributed by atoms with Crippen molar-refractivity contribution in [1.82, 2.24) is 4.90 Å². The van der Waals surface area contributed by atoms with Crippen LogP contribution in [0.4, 0.5) is 0 Å². The van der Waals surface area contributed by atoms with Crippen LogP contribution in [-0.4, -0.2) is 32.1 Å². The first-order chi connectivity index (χ1) is 4.20. The quantitative estimate of drug-likeness (QED) is 0.418. The van der Waals surface area contributed by atoms with Gasteiger partial charge in [-0.25, -0.2) is 0 Å². The molecule has 0 amide bonds. The smallest absolute Gasteiger partial charge is 0.854 e. The van der Waals surface area contributed by atoms with Gasteiger partial charge in [-0.2, -0.15) is 0 Å². The van der Waals surface area contributed by atoms with Gasteiger partial charge in [-0.3, -0.25) is 0 Å². The molecule has 0 aliphatic rings. The van der Waals surface area contributed by atoms with Gasteiger partial charge in [0.25, 0.3) is 0 Å². The Morgan fingerprint density at radius 3 is 2.00 bits per heavy atom. The zero-order chi connectivity index (χ0) is 7.28. The van der Waals surface area contributed by atoms with Crippen molar-refractivity contribution >= 4 is 0 Å². The minimum absolute atomic E-state index is 0. The van der Waals surface area contributed by atoms with Crippen LogP contribution in [0.1, 0.15) is 13.3 Å². The third kappa shape index (κ3) is 7.66. The Kier molecular flexibility index (Phi) is 12.2. The summed E-state index contributed by atoms with van der Waals surface area (Å²) in [6, 6.07) is 0. The van der Waals surface area contributed by atoms with Crippen LogP contribution in [0.5, 0.6) is 0 Å². The van der Waals surface area contributed by atoms with Crippen molar-refractivity contribution in [3.05, 3.63) is 0 Å². The molecule has 0 saturated heterocycles. The zero-order valence-corrected chi connectivity index (χ0v) is 10.7. The van der Waals surface area contributed by atoms with Crippen LogP contribution in [0.2, 0.25) is 0 Å². The molecule has 1 unspecified atom stereocenters. The van der Waals surface area contributed by atoms with Crippen molar-refractivity contribution < 1.29 is 56.5 Å². The van der Waals surface area contributed by atoms with Crippen LogP contribution in [0, 0.1) is 5.92 Å². The molecule has 2 nitrogen and oxygen atoms in total. The molecule has 0 rings (SSSR count). The van der Waals surface area contributed by atoms with Crippen LogP contribution in [0.3, 0.4) is 0 Å². The first-order valence-electron chi connectivity index (χ1n) is 3.43. The van der Waals surface area contributed by atoms with E-state index in [0.29, 0.717) is 5.92 Å². The molecule has 0 heterocycles. The maximum atomic E-state index is 10.4. The first-order valence-corrected chi connectivity index (χ1v) is 3.43. The van der Waals surface area contributed by atoms with Crippen LogP contribution < -0.4 is 56.5 Å². The van der Waals surface area contributed by atoms with E-state index in [-0.39, 0.29) is 58.0 Å². The average molecular weight is 169 g/mol. The molecule has 0 N–H and O–H groups in total. The fourth-order valence-corrected chi connectivity index (χ4v) is 0.816. The molecule has 0 aromatic rings. The summed E-state index contributed by atoms with van der Waals surface area (Å²) in [5.74, 6) is 0.347.